The zero-order chi connectivity index (χ0) is 9.10. The third-order valence-corrected chi connectivity index (χ3v) is 2.67. The van der Waals surface area contributed by atoms with E-state index in [4.69, 9.17) is 0 Å². The van der Waals surface area contributed by atoms with E-state index in [9.17, 15) is 0 Å². The molecule has 2 nitrogen and oxygen atoms in total. The van der Waals surface area contributed by atoms with Crippen LogP contribution in [0.25, 0.3) is 0 Å². The van der Waals surface area contributed by atoms with Crippen LogP contribution in [-0.2, 0) is 0 Å². The Hall–Kier alpha value is -1.02. The molecular formula is C11H16N2. The number of nitrogens with one attached hydrogen (secondary N) is 2. The van der Waals surface area contributed by atoms with Gasteiger partial charge in [-0.15, -0.1) is 0 Å². The van der Waals surface area contributed by atoms with Crippen molar-refractivity contribution in [1.29, 1.82) is 0 Å². The van der Waals surface area contributed by atoms with Gasteiger partial charge >= 0.3 is 0 Å². The van der Waals surface area contributed by atoms with Crippen LogP contribution in [-0.4, -0.2) is 13.6 Å². The first kappa shape index (κ1) is 8.57. The van der Waals surface area contributed by atoms with Crippen molar-refractivity contribution in [2.24, 2.45) is 0 Å². The number of rotatable bonds is 1. The molecule has 1 heterocycles. The van der Waals surface area contributed by atoms with E-state index < -0.39 is 0 Å². The van der Waals surface area contributed by atoms with Gasteiger partial charge in [-0.25, -0.2) is 0 Å². The van der Waals surface area contributed by atoms with Crippen LogP contribution in [0.5, 0.6) is 0 Å². The molecule has 0 fully saturated rings. The molecule has 0 saturated heterocycles. The predicted octanol–water partition coefficient (Wildman–Crippen LogP) is 2.15. The Morgan fingerprint density at radius 3 is 3.08 bits per heavy atom. The van der Waals surface area contributed by atoms with E-state index in [2.05, 4.69) is 34.9 Å². The number of anilines is 1. The second-order valence-electron chi connectivity index (χ2n) is 3.50. The third kappa shape index (κ3) is 1.68. The van der Waals surface area contributed by atoms with Crippen LogP contribution in [0.15, 0.2) is 24.3 Å². The quantitative estimate of drug-likeness (QED) is 0.685. The van der Waals surface area contributed by atoms with E-state index >= 15 is 0 Å². The first-order valence-corrected chi connectivity index (χ1v) is 4.92. The molecule has 0 amide bonds. The Morgan fingerprint density at radius 1 is 1.38 bits per heavy atom. The van der Waals surface area contributed by atoms with Crippen molar-refractivity contribution in [3.63, 3.8) is 0 Å². The van der Waals surface area contributed by atoms with Crippen molar-refractivity contribution < 1.29 is 0 Å². The second-order valence-corrected chi connectivity index (χ2v) is 3.50. The molecule has 0 aromatic heterocycles. The summed E-state index contributed by atoms with van der Waals surface area (Å²) < 4.78 is 0. The summed E-state index contributed by atoms with van der Waals surface area (Å²) in [4.78, 5) is 0. The van der Waals surface area contributed by atoms with Gasteiger partial charge < -0.3 is 10.6 Å². The van der Waals surface area contributed by atoms with Crippen molar-refractivity contribution in [1.82, 2.24) is 5.32 Å². The molecule has 1 aromatic rings. The fourth-order valence-electron chi connectivity index (χ4n) is 1.95. The smallest absolute Gasteiger partial charge is 0.0388 e. The molecule has 0 aliphatic carbocycles. The van der Waals surface area contributed by atoms with E-state index in [1.54, 1.807) is 0 Å². The van der Waals surface area contributed by atoms with E-state index in [0.29, 0.717) is 6.04 Å². The first-order chi connectivity index (χ1) is 6.42. The van der Waals surface area contributed by atoms with Gasteiger partial charge in [-0.05, 0) is 31.5 Å². The standard InChI is InChI=1S/C11H16N2/c1-12-10-7-4-8-13-11-6-3-2-5-9(10)11/h2-3,5-6,10,12-13H,4,7-8H2,1H3/t10-/m0/s1. The number of fused-ring (bicyclic) bond motifs is 1. The molecule has 0 saturated carbocycles. The van der Waals surface area contributed by atoms with Crippen molar-refractivity contribution in [3.8, 4) is 0 Å². The van der Waals surface area contributed by atoms with E-state index in [1.165, 1.54) is 24.1 Å². The van der Waals surface area contributed by atoms with Crippen LogP contribution in [0.2, 0.25) is 0 Å². The Bertz CT molecular complexity index is 283. The number of para-hydroxylation sites is 1. The van der Waals surface area contributed by atoms with Crippen molar-refractivity contribution in [3.05, 3.63) is 29.8 Å². The van der Waals surface area contributed by atoms with Crippen LogP contribution in [0, 0.1) is 0 Å². The zero-order valence-corrected chi connectivity index (χ0v) is 8.01. The number of hydrogen-bond donors (Lipinski definition) is 2. The summed E-state index contributed by atoms with van der Waals surface area (Å²) in [6, 6.07) is 9.08. The molecule has 70 valence electrons. The molecule has 13 heavy (non-hydrogen) atoms. The van der Waals surface area contributed by atoms with E-state index in [1.807, 2.05) is 7.05 Å². The Kier molecular flexibility index (Phi) is 2.50. The molecule has 2 rings (SSSR count). The van der Waals surface area contributed by atoms with Gasteiger partial charge in [0.2, 0.25) is 0 Å². The highest BCUT2D eigenvalue weighted by molar-refractivity contribution is 5.53. The van der Waals surface area contributed by atoms with Gasteiger partial charge in [0.15, 0.2) is 0 Å². The van der Waals surface area contributed by atoms with E-state index in [0.717, 1.165) is 6.54 Å². The molecule has 2 N–H and O–H groups in total. The lowest BCUT2D eigenvalue weighted by Crippen LogP contribution is -2.15. The van der Waals surface area contributed by atoms with Gasteiger partial charge in [-0.1, -0.05) is 18.2 Å². The molecular weight excluding hydrogens is 160 g/mol. The molecule has 0 radical (unpaired) electrons. The van der Waals surface area contributed by atoms with Gasteiger partial charge in [0, 0.05) is 18.3 Å². The van der Waals surface area contributed by atoms with Gasteiger partial charge in [0.25, 0.3) is 0 Å². The highest BCUT2D eigenvalue weighted by atomic mass is 14.9. The summed E-state index contributed by atoms with van der Waals surface area (Å²) in [5, 5.41) is 6.81. The highest BCUT2D eigenvalue weighted by Gasteiger charge is 2.15. The second kappa shape index (κ2) is 3.79. The van der Waals surface area contributed by atoms with Crippen LogP contribution in [0.1, 0.15) is 24.4 Å². The maximum atomic E-state index is 3.45. The van der Waals surface area contributed by atoms with Crippen LogP contribution >= 0.6 is 0 Å². The molecule has 0 unspecified atom stereocenters. The topological polar surface area (TPSA) is 24.1 Å². The Balaban J connectivity index is 2.35. The lowest BCUT2D eigenvalue weighted by Gasteiger charge is -2.15. The predicted molar refractivity (Wildman–Crippen MR) is 56.0 cm³/mol. The molecule has 0 spiro atoms. The van der Waals surface area contributed by atoms with Crippen molar-refractivity contribution >= 4 is 5.69 Å². The molecule has 2 heteroatoms. The maximum absolute atomic E-state index is 3.45. The van der Waals surface area contributed by atoms with Crippen LogP contribution < -0.4 is 10.6 Å². The normalized spacial score (nSPS) is 21.5. The van der Waals surface area contributed by atoms with Gasteiger partial charge in [-0.2, -0.15) is 0 Å². The molecule has 1 aliphatic heterocycles. The minimum Gasteiger partial charge on any atom is -0.385 e. The Morgan fingerprint density at radius 2 is 2.23 bits per heavy atom. The SMILES string of the molecule is CN[C@H]1CCCNc2ccccc21. The molecule has 1 aromatic carbocycles. The average molecular weight is 176 g/mol. The average Bonchev–Trinajstić information content (AvgIpc) is 2.39. The maximum Gasteiger partial charge on any atom is 0.0388 e. The summed E-state index contributed by atoms with van der Waals surface area (Å²) in [5.41, 5.74) is 2.70. The summed E-state index contributed by atoms with van der Waals surface area (Å²) >= 11 is 0. The molecule has 0 bridgehead atoms. The third-order valence-electron chi connectivity index (χ3n) is 2.67. The zero-order valence-electron chi connectivity index (χ0n) is 8.01. The van der Waals surface area contributed by atoms with Crippen LogP contribution in [0.3, 0.4) is 0 Å². The molecule has 1 atom stereocenters. The van der Waals surface area contributed by atoms with Crippen molar-refractivity contribution in [2.75, 3.05) is 18.9 Å². The molecule has 1 aliphatic rings. The van der Waals surface area contributed by atoms with E-state index in [-0.39, 0.29) is 0 Å². The van der Waals surface area contributed by atoms with Crippen LogP contribution in [0.4, 0.5) is 5.69 Å². The number of hydrogen-bond acceptors (Lipinski definition) is 2. The first-order valence-electron chi connectivity index (χ1n) is 4.92. The lowest BCUT2D eigenvalue weighted by molar-refractivity contribution is 0.546. The fourth-order valence-corrected chi connectivity index (χ4v) is 1.95. The van der Waals surface area contributed by atoms with Gasteiger partial charge in [0.05, 0.1) is 0 Å². The summed E-state index contributed by atoms with van der Waals surface area (Å²) in [6.45, 7) is 1.09. The number of benzene rings is 1. The largest absolute Gasteiger partial charge is 0.385 e. The minimum atomic E-state index is 0.520. The summed E-state index contributed by atoms with van der Waals surface area (Å²) in [6.07, 6.45) is 2.46. The monoisotopic (exact) mass is 176 g/mol. The van der Waals surface area contributed by atoms with Crippen molar-refractivity contribution in [2.45, 2.75) is 18.9 Å². The van der Waals surface area contributed by atoms with Gasteiger partial charge in [0.1, 0.15) is 0 Å². The van der Waals surface area contributed by atoms with Gasteiger partial charge in [-0.3, -0.25) is 0 Å². The lowest BCUT2D eigenvalue weighted by atomic mass is 10.0. The summed E-state index contributed by atoms with van der Waals surface area (Å²) in [7, 11) is 2.03. The fraction of sp³-hybridized carbons (Fsp3) is 0.455. The highest BCUT2D eigenvalue weighted by Crippen LogP contribution is 2.28. The minimum absolute atomic E-state index is 0.520. The Labute approximate surface area is 79.4 Å². The summed E-state index contributed by atoms with van der Waals surface area (Å²) in [5.74, 6) is 0.